The predicted octanol–water partition coefficient (Wildman–Crippen LogP) is 5.19. The van der Waals surface area contributed by atoms with Crippen molar-refractivity contribution in [3.05, 3.63) is 46.9 Å². The SMILES string of the molecule is CN1CCCC1C1CCN(c2cc(F)c(SNc3cccc(F)n3)c(F)c2Cl)C1. The van der Waals surface area contributed by atoms with Gasteiger partial charge in [0, 0.05) is 25.2 Å². The van der Waals surface area contributed by atoms with Gasteiger partial charge in [-0.15, -0.1) is 0 Å². The van der Waals surface area contributed by atoms with Gasteiger partial charge in [0.25, 0.3) is 0 Å². The quantitative estimate of drug-likeness (QED) is 0.391. The molecule has 2 saturated heterocycles. The first-order valence-corrected chi connectivity index (χ1v) is 10.8. The van der Waals surface area contributed by atoms with Crippen molar-refractivity contribution in [2.24, 2.45) is 5.92 Å². The average Bonchev–Trinajstić information content (AvgIpc) is 3.33. The van der Waals surface area contributed by atoms with Gasteiger partial charge in [0.1, 0.15) is 21.6 Å². The number of hydrogen-bond acceptors (Lipinski definition) is 5. The van der Waals surface area contributed by atoms with E-state index in [4.69, 9.17) is 11.6 Å². The van der Waals surface area contributed by atoms with Crippen molar-refractivity contribution < 1.29 is 13.2 Å². The van der Waals surface area contributed by atoms with E-state index in [-0.39, 0.29) is 15.7 Å². The van der Waals surface area contributed by atoms with Gasteiger partial charge >= 0.3 is 0 Å². The van der Waals surface area contributed by atoms with Crippen molar-refractivity contribution in [2.75, 3.05) is 36.3 Å². The third-order valence-corrected chi connectivity index (χ3v) is 7.01. The van der Waals surface area contributed by atoms with Crippen molar-refractivity contribution in [3.63, 3.8) is 0 Å². The smallest absolute Gasteiger partial charge is 0.214 e. The lowest BCUT2D eigenvalue weighted by molar-refractivity contribution is 0.239. The number of pyridine rings is 1. The molecule has 4 rings (SSSR count). The number of nitrogens with zero attached hydrogens (tertiary/aromatic N) is 3. The number of anilines is 2. The number of benzene rings is 1. The molecule has 2 fully saturated rings. The van der Waals surface area contributed by atoms with Gasteiger partial charge in [-0.1, -0.05) is 17.7 Å². The molecule has 2 unspecified atom stereocenters. The number of rotatable bonds is 5. The van der Waals surface area contributed by atoms with E-state index < -0.39 is 17.6 Å². The number of halogens is 4. The fourth-order valence-electron chi connectivity index (χ4n) is 4.31. The minimum atomic E-state index is -0.822. The summed E-state index contributed by atoms with van der Waals surface area (Å²) in [6.07, 6.45) is 3.35. The second-order valence-corrected chi connectivity index (χ2v) is 8.76. The summed E-state index contributed by atoms with van der Waals surface area (Å²) in [7, 11) is 2.14. The Morgan fingerprint density at radius 3 is 2.76 bits per heavy atom. The third-order valence-electron chi connectivity index (χ3n) is 5.76. The summed E-state index contributed by atoms with van der Waals surface area (Å²) < 4.78 is 45.4. The highest BCUT2D eigenvalue weighted by Crippen LogP contribution is 2.40. The first-order valence-electron chi connectivity index (χ1n) is 9.62. The molecule has 0 bridgehead atoms. The van der Waals surface area contributed by atoms with Crippen molar-refractivity contribution >= 4 is 35.1 Å². The molecule has 29 heavy (non-hydrogen) atoms. The molecule has 2 aliphatic rings. The molecule has 2 atom stereocenters. The summed E-state index contributed by atoms with van der Waals surface area (Å²) in [4.78, 5) is 7.70. The fraction of sp³-hybridized carbons (Fsp3) is 0.450. The zero-order valence-electron chi connectivity index (χ0n) is 16.0. The van der Waals surface area contributed by atoms with Gasteiger partial charge in [0.05, 0.1) is 5.69 Å². The van der Waals surface area contributed by atoms with E-state index in [1.54, 1.807) is 0 Å². The van der Waals surface area contributed by atoms with Gasteiger partial charge < -0.3 is 14.5 Å². The van der Waals surface area contributed by atoms with Crippen LogP contribution in [0, 0.1) is 23.5 Å². The lowest BCUT2D eigenvalue weighted by Crippen LogP contribution is -2.34. The Bertz CT molecular complexity index is 900. The fourth-order valence-corrected chi connectivity index (χ4v) is 5.30. The number of nitrogens with one attached hydrogen (secondary N) is 1. The van der Waals surface area contributed by atoms with Gasteiger partial charge in [-0.25, -0.2) is 13.8 Å². The summed E-state index contributed by atoms with van der Waals surface area (Å²) in [5, 5.41) is -0.0941. The van der Waals surface area contributed by atoms with Crippen LogP contribution in [-0.4, -0.2) is 42.6 Å². The molecular formula is C20H22ClF3N4S. The van der Waals surface area contributed by atoms with Crippen molar-refractivity contribution in [1.82, 2.24) is 9.88 Å². The molecule has 0 saturated carbocycles. The highest BCUT2D eigenvalue weighted by atomic mass is 35.5. The van der Waals surface area contributed by atoms with Crippen molar-refractivity contribution in [3.8, 4) is 0 Å². The van der Waals surface area contributed by atoms with Crippen LogP contribution in [-0.2, 0) is 0 Å². The Balaban J connectivity index is 1.49. The topological polar surface area (TPSA) is 31.4 Å². The minimum absolute atomic E-state index is 0.0941. The Morgan fingerprint density at radius 2 is 2.03 bits per heavy atom. The number of aromatic nitrogens is 1. The molecule has 9 heteroatoms. The Hall–Kier alpha value is -1.64. The van der Waals surface area contributed by atoms with E-state index in [1.165, 1.54) is 37.1 Å². The van der Waals surface area contributed by atoms with E-state index in [2.05, 4.69) is 21.7 Å². The first kappa shape index (κ1) is 20.6. The number of likely N-dealkylation sites (tertiary alicyclic amines) is 1. The normalized spacial score (nSPS) is 22.4. The monoisotopic (exact) mass is 442 g/mol. The molecule has 2 aromatic rings. The van der Waals surface area contributed by atoms with Crippen LogP contribution in [0.3, 0.4) is 0 Å². The van der Waals surface area contributed by atoms with Crippen LogP contribution >= 0.6 is 23.5 Å². The molecular weight excluding hydrogens is 421 g/mol. The molecule has 1 N–H and O–H groups in total. The lowest BCUT2D eigenvalue weighted by atomic mass is 9.97. The van der Waals surface area contributed by atoms with E-state index in [9.17, 15) is 13.2 Å². The molecule has 4 nitrogen and oxygen atoms in total. The first-order chi connectivity index (χ1) is 13.9. The lowest BCUT2D eigenvalue weighted by Gasteiger charge is -2.27. The zero-order valence-corrected chi connectivity index (χ0v) is 17.5. The maximum Gasteiger partial charge on any atom is 0.214 e. The van der Waals surface area contributed by atoms with Gasteiger partial charge in [-0.2, -0.15) is 4.39 Å². The van der Waals surface area contributed by atoms with Crippen LogP contribution in [0.1, 0.15) is 19.3 Å². The second-order valence-electron chi connectivity index (χ2n) is 7.57. The molecule has 0 aliphatic carbocycles. The predicted molar refractivity (Wildman–Crippen MR) is 111 cm³/mol. The molecule has 0 amide bonds. The maximum atomic E-state index is 14.9. The third kappa shape index (κ3) is 4.29. The Kier molecular flexibility index (Phi) is 6.13. The Labute approximate surface area is 177 Å². The van der Waals surface area contributed by atoms with Crippen molar-refractivity contribution in [1.29, 1.82) is 0 Å². The van der Waals surface area contributed by atoms with E-state index in [0.29, 0.717) is 29.6 Å². The zero-order chi connectivity index (χ0) is 20.5. The van der Waals surface area contributed by atoms with Crippen LogP contribution in [0.4, 0.5) is 24.7 Å². The van der Waals surface area contributed by atoms with Gasteiger partial charge in [0.15, 0.2) is 5.82 Å². The van der Waals surface area contributed by atoms with Crippen LogP contribution in [0.15, 0.2) is 29.2 Å². The van der Waals surface area contributed by atoms with Crippen molar-refractivity contribution in [2.45, 2.75) is 30.2 Å². The summed E-state index contributed by atoms with van der Waals surface area (Å²) in [5.74, 6) is -1.58. The van der Waals surface area contributed by atoms with Crippen LogP contribution in [0.2, 0.25) is 5.02 Å². The standard InChI is InChI=1S/C20H22ClF3N4S/c1-27-8-3-4-14(27)12-7-9-28(11-12)15-10-13(22)20(19(24)18(15)21)29-26-17-6-2-5-16(23)25-17/h2,5-6,10,12,14H,3-4,7-9,11H2,1H3,(H,25,26). The largest absolute Gasteiger partial charge is 0.370 e. The summed E-state index contributed by atoms with van der Waals surface area (Å²) in [6, 6.07) is 5.96. The molecule has 3 heterocycles. The van der Waals surface area contributed by atoms with E-state index in [1.807, 2.05) is 4.90 Å². The summed E-state index contributed by atoms with van der Waals surface area (Å²) in [6.45, 7) is 2.57. The second kappa shape index (κ2) is 8.62. The molecule has 0 spiro atoms. The van der Waals surface area contributed by atoms with E-state index >= 15 is 0 Å². The van der Waals surface area contributed by atoms with Crippen LogP contribution < -0.4 is 9.62 Å². The van der Waals surface area contributed by atoms with E-state index in [0.717, 1.165) is 26.1 Å². The molecule has 0 radical (unpaired) electrons. The molecule has 156 valence electrons. The maximum absolute atomic E-state index is 14.9. The highest BCUT2D eigenvalue weighted by molar-refractivity contribution is 8.00. The van der Waals surface area contributed by atoms with Gasteiger partial charge in [-0.3, -0.25) is 0 Å². The highest BCUT2D eigenvalue weighted by Gasteiger charge is 2.35. The van der Waals surface area contributed by atoms with Crippen LogP contribution in [0.25, 0.3) is 0 Å². The average molecular weight is 443 g/mol. The Morgan fingerprint density at radius 1 is 1.21 bits per heavy atom. The summed E-state index contributed by atoms with van der Waals surface area (Å²) in [5.41, 5.74) is 0.387. The van der Waals surface area contributed by atoms with Crippen LogP contribution in [0.5, 0.6) is 0 Å². The molecule has 1 aromatic carbocycles. The summed E-state index contributed by atoms with van der Waals surface area (Å²) >= 11 is 6.97. The molecule has 2 aliphatic heterocycles. The minimum Gasteiger partial charge on any atom is -0.370 e. The van der Waals surface area contributed by atoms with Gasteiger partial charge in [0.2, 0.25) is 5.95 Å². The number of hydrogen-bond donors (Lipinski definition) is 1. The van der Waals surface area contributed by atoms with Gasteiger partial charge in [-0.05, 0) is 62.9 Å². The molecule has 1 aromatic heterocycles.